The molecule has 0 atom stereocenters. The summed E-state index contributed by atoms with van der Waals surface area (Å²) in [6.07, 6.45) is 2.46. The van der Waals surface area contributed by atoms with Crippen molar-refractivity contribution in [1.29, 1.82) is 0 Å². The molecule has 0 spiro atoms. The zero-order valence-corrected chi connectivity index (χ0v) is 19.6. The highest BCUT2D eigenvalue weighted by atomic mass is 16.5. The first-order chi connectivity index (χ1) is 16.3. The van der Waals surface area contributed by atoms with E-state index < -0.39 is 0 Å². The van der Waals surface area contributed by atoms with Crippen LogP contribution in [0.3, 0.4) is 0 Å². The third-order valence-corrected chi connectivity index (χ3v) is 5.89. The first kappa shape index (κ1) is 22.8. The Balaban J connectivity index is 1.50. The molecule has 33 heavy (non-hydrogen) atoms. The van der Waals surface area contributed by atoms with Crippen molar-refractivity contribution < 1.29 is 4.74 Å². The second kappa shape index (κ2) is 11.5. The largest absolute Gasteiger partial charge is 0.492 e. The SMILES string of the molecule is CCCCN(CC)CCOc1ccc(-c2nc(-c3ccccc3)c(-c3ccccc3)[nH]2)cc1. The van der Waals surface area contributed by atoms with Crippen molar-refractivity contribution >= 4 is 0 Å². The number of ether oxygens (including phenoxy) is 1. The normalized spacial score (nSPS) is 11.1. The van der Waals surface area contributed by atoms with Crippen LogP contribution < -0.4 is 4.74 Å². The van der Waals surface area contributed by atoms with Gasteiger partial charge in [-0.1, -0.05) is 80.9 Å². The van der Waals surface area contributed by atoms with Crippen LogP contribution in [0.2, 0.25) is 0 Å². The van der Waals surface area contributed by atoms with Crippen LogP contribution in [-0.2, 0) is 0 Å². The van der Waals surface area contributed by atoms with Gasteiger partial charge in [-0.05, 0) is 43.8 Å². The third-order valence-electron chi connectivity index (χ3n) is 5.89. The Morgan fingerprint density at radius 3 is 2.06 bits per heavy atom. The minimum absolute atomic E-state index is 0.702. The Morgan fingerprint density at radius 1 is 0.758 bits per heavy atom. The minimum atomic E-state index is 0.702. The Morgan fingerprint density at radius 2 is 1.42 bits per heavy atom. The molecule has 0 aliphatic rings. The van der Waals surface area contributed by atoms with Crippen LogP contribution in [0.25, 0.3) is 33.9 Å². The molecule has 1 heterocycles. The number of hydrogen-bond acceptors (Lipinski definition) is 3. The molecule has 3 aromatic carbocycles. The predicted molar refractivity (Wildman–Crippen MR) is 137 cm³/mol. The molecule has 0 unspecified atom stereocenters. The van der Waals surface area contributed by atoms with E-state index >= 15 is 0 Å². The van der Waals surface area contributed by atoms with Crippen molar-refractivity contribution in [2.75, 3.05) is 26.2 Å². The fourth-order valence-corrected chi connectivity index (χ4v) is 3.94. The molecule has 0 amide bonds. The van der Waals surface area contributed by atoms with Crippen molar-refractivity contribution in [3.63, 3.8) is 0 Å². The Kier molecular flexibility index (Phi) is 7.94. The molecule has 4 aromatic rings. The van der Waals surface area contributed by atoms with Gasteiger partial charge in [0.15, 0.2) is 0 Å². The predicted octanol–water partition coefficient (Wildman–Crippen LogP) is 6.91. The summed E-state index contributed by atoms with van der Waals surface area (Å²) in [6.45, 7) is 8.30. The van der Waals surface area contributed by atoms with Gasteiger partial charge in [0.25, 0.3) is 0 Å². The Hall–Kier alpha value is -3.37. The third kappa shape index (κ3) is 5.91. The smallest absolute Gasteiger partial charge is 0.138 e. The molecule has 4 heteroatoms. The van der Waals surface area contributed by atoms with E-state index in [0.29, 0.717) is 6.61 Å². The number of aromatic nitrogens is 2. The fraction of sp³-hybridized carbons (Fsp3) is 0.276. The lowest BCUT2D eigenvalue weighted by Crippen LogP contribution is -2.29. The van der Waals surface area contributed by atoms with Gasteiger partial charge in [-0.3, -0.25) is 0 Å². The van der Waals surface area contributed by atoms with Crippen molar-refractivity contribution in [2.45, 2.75) is 26.7 Å². The molecule has 0 fully saturated rings. The number of H-pyrrole nitrogens is 1. The zero-order valence-electron chi connectivity index (χ0n) is 19.6. The van der Waals surface area contributed by atoms with Gasteiger partial charge in [-0.15, -0.1) is 0 Å². The first-order valence-electron chi connectivity index (χ1n) is 11.9. The molecule has 0 saturated carbocycles. The van der Waals surface area contributed by atoms with Crippen LogP contribution in [0.5, 0.6) is 5.75 Å². The summed E-state index contributed by atoms with van der Waals surface area (Å²) >= 11 is 0. The van der Waals surface area contributed by atoms with Crippen molar-refractivity contribution in [3.05, 3.63) is 84.9 Å². The minimum Gasteiger partial charge on any atom is -0.492 e. The van der Waals surface area contributed by atoms with Crippen LogP contribution in [0, 0.1) is 0 Å². The topological polar surface area (TPSA) is 41.1 Å². The maximum atomic E-state index is 6.00. The summed E-state index contributed by atoms with van der Waals surface area (Å²) in [6, 6.07) is 28.9. The van der Waals surface area contributed by atoms with Crippen molar-refractivity contribution in [1.82, 2.24) is 14.9 Å². The first-order valence-corrected chi connectivity index (χ1v) is 11.9. The van der Waals surface area contributed by atoms with E-state index in [4.69, 9.17) is 9.72 Å². The number of likely N-dealkylation sites (N-methyl/N-ethyl adjacent to an activating group) is 1. The van der Waals surface area contributed by atoms with Gasteiger partial charge in [0.1, 0.15) is 18.2 Å². The molecule has 4 rings (SSSR count). The number of unbranched alkanes of at least 4 members (excludes halogenated alkanes) is 1. The fourth-order valence-electron chi connectivity index (χ4n) is 3.94. The van der Waals surface area contributed by atoms with Crippen LogP contribution in [0.15, 0.2) is 84.9 Å². The number of benzene rings is 3. The highest BCUT2D eigenvalue weighted by Gasteiger charge is 2.15. The summed E-state index contributed by atoms with van der Waals surface area (Å²) < 4.78 is 6.00. The van der Waals surface area contributed by atoms with Gasteiger partial charge in [0.2, 0.25) is 0 Å². The average Bonchev–Trinajstić information content (AvgIpc) is 3.33. The molecule has 1 aromatic heterocycles. The highest BCUT2D eigenvalue weighted by molar-refractivity contribution is 5.81. The molecule has 1 N–H and O–H groups in total. The lowest BCUT2D eigenvalue weighted by atomic mass is 10.1. The molecule has 4 nitrogen and oxygen atoms in total. The van der Waals surface area contributed by atoms with Gasteiger partial charge in [-0.2, -0.15) is 0 Å². The van der Waals surface area contributed by atoms with Gasteiger partial charge < -0.3 is 14.6 Å². The molecular formula is C29H33N3O. The molecular weight excluding hydrogens is 406 g/mol. The summed E-state index contributed by atoms with van der Waals surface area (Å²) in [5, 5.41) is 0. The second-order valence-electron chi connectivity index (χ2n) is 8.20. The summed E-state index contributed by atoms with van der Waals surface area (Å²) in [5.41, 5.74) is 5.26. The number of nitrogens with one attached hydrogen (secondary N) is 1. The van der Waals surface area contributed by atoms with E-state index in [1.165, 1.54) is 12.8 Å². The summed E-state index contributed by atoms with van der Waals surface area (Å²) in [5.74, 6) is 1.75. The van der Waals surface area contributed by atoms with E-state index in [9.17, 15) is 0 Å². The van der Waals surface area contributed by atoms with E-state index in [1.54, 1.807) is 0 Å². The van der Waals surface area contributed by atoms with E-state index in [0.717, 1.165) is 59.3 Å². The van der Waals surface area contributed by atoms with E-state index in [-0.39, 0.29) is 0 Å². The van der Waals surface area contributed by atoms with Crippen molar-refractivity contribution in [2.24, 2.45) is 0 Å². The van der Waals surface area contributed by atoms with E-state index in [1.807, 2.05) is 36.4 Å². The van der Waals surface area contributed by atoms with Gasteiger partial charge in [0, 0.05) is 23.2 Å². The maximum absolute atomic E-state index is 6.00. The Labute approximate surface area is 197 Å². The molecule has 0 aliphatic carbocycles. The number of imidazole rings is 1. The molecule has 170 valence electrons. The average molecular weight is 440 g/mol. The molecule has 0 aliphatic heterocycles. The number of rotatable bonds is 11. The summed E-state index contributed by atoms with van der Waals surface area (Å²) in [7, 11) is 0. The number of hydrogen-bond donors (Lipinski definition) is 1. The lowest BCUT2D eigenvalue weighted by molar-refractivity contribution is 0.213. The standard InChI is InChI=1S/C29H33N3O/c1-3-5-20-32(4-2)21-22-33-26-18-16-25(17-19-26)29-30-27(23-12-8-6-9-13-23)28(31-29)24-14-10-7-11-15-24/h6-19H,3-5,20-22H2,1-2H3,(H,30,31). The van der Waals surface area contributed by atoms with Crippen molar-refractivity contribution in [3.8, 4) is 39.7 Å². The summed E-state index contributed by atoms with van der Waals surface area (Å²) in [4.78, 5) is 11.0. The van der Waals surface area contributed by atoms with Gasteiger partial charge >= 0.3 is 0 Å². The van der Waals surface area contributed by atoms with Gasteiger partial charge in [-0.25, -0.2) is 4.98 Å². The molecule has 0 bridgehead atoms. The zero-order chi connectivity index (χ0) is 22.9. The van der Waals surface area contributed by atoms with Crippen LogP contribution in [-0.4, -0.2) is 41.1 Å². The highest BCUT2D eigenvalue weighted by Crippen LogP contribution is 2.33. The number of nitrogens with zero attached hydrogens (tertiary/aromatic N) is 2. The lowest BCUT2D eigenvalue weighted by Gasteiger charge is -2.20. The van der Waals surface area contributed by atoms with E-state index in [2.05, 4.69) is 72.3 Å². The number of aromatic amines is 1. The molecule has 0 saturated heterocycles. The second-order valence-corrected chi connectivity index (χ2v) is 8.20. The maximum Gasteiger partial charge on any atom is 0.138 e. The monoisotopic (exact) mass is 439 g/mol. The van der Waals surface area contributed by atoms with Crippen LogP contribution in [0.4, 0.5) is 0 Å². The van der Waals surface area contributed by atoms with Crippen LogP contribution in [0.1, 0.15) is 26.7 Å². The Bertz CT molecular complexity index is 1050. The van der Waals surface area contributed by atoms with Crippen LogP contribution >= 0.6 is 0 Å². The molecule has 0 radical (unpaired) electrons. The quantitative estimate of drug-likeness (QED) is 0.276. The van der Waals surface area contributed by atoms with Gasteiger partial charge in [0.05, 0.1) is 11.4 Å².